The number of benzene rings is 3. The summed E-state index contributed by atoms with van der Waals surface area (Å²) in [5.41, 5.74) is 3.89. The predicted octanol–water partition coefficient (Wildman–Crippen LogP) is 6.48. The second kappa shape index (κ2) is 11.0. The molecule has 31 heavy (non-hydrogen) atoms. The molecular weight excluding hydrogens is 454 g/mol. The van der Waals surface area contributed by atoms with Gasteiger partial charge >= 0.3 is 0 Å². The molecule has 5 heteroatoms. The summed E-state index contributed by atoms with van der Waals surface area (Å²) >= 11 is 3.48. The fourth-order valence-corrected chi connectivity index (χ4v) is 4.03. The Hall–Kier alpha value is -2.79. The van der Waals surface area contributed by atoms with Crippen molar-refractivity contribution in [3.63, 3.8) is 0 Å². The van der Waals surface area contributed by atoms with Gasteiger partial charge in [-0.05, 0) is 74.6 Å². The van der Waals surface area contributed by atoms with E-state index in [4.69, 9.17) is 9.47 Å². The summed E-state index contributed by atoms with van der Waals surface area (Å²) in [6.45, 7) is 6.26. The van der Waals surface area contributed by atoms with Crippen LogP contribution in [0, 0.1) is 13.8 Å². The second-order valence-corrected chi connectivity index (χ2v) is 8.47. The summed E-state index contributed by atoms with van der Waals surface area (Å²) in [4.78, 5) is 12.8. The molecule has 0 aliphatic carbocycles. The van der Waals surface area contributed by atoms with E-state index in [2.05, 4.69) is 33.4 Å². The lowest BCUT2D eigenvalue weighted by atomic mass is 10.1. The minimum Gasteiger partial charge on any atom is -0.491 e. The molecule has 0 radical (unpaired) electrons. The maximum atomic E-state index is 12.8. The Kier molecular flexibility index (Phi) is 8.13. The number of anilines is 1. The average molecular weight is 482 g/mol. The highest BCUT2D eigenvalue weighted by Gasteiger charge is 2.19. The third kappa shape index (κ3) is 6.59. The zero-order valence-electron chi connectivity index (χ0n) is 18.2. The van der Waals surface area contributed by atoms with Crippen LogP contribution in [0.2, 0.25) is 0 Å². The Balaban J connectivity index is 1.57. The molecule has 0 saturated heterocycles. The lowest BCUT2D eigenvalue weighted by Crippen LogP contribution is -2.30. The van der Waals surface area contributed by atoms with E-state index in [-0.39, 0.29) is 5.91 Å². The van der Waals surface area contributed by atoms with Crippen LogP contribution in [0.5, 0.6) is 11.5 Å². The Morgan fingerprint density at radius 2 is 1.65 bits per heavy atom. The van der Waals surface area contributed by atoms with Crippen LogP contribution in [0.15, 0.2) is 71.2 Å². The third-order valence-corrected chi connectivity index (χ3v) is 5.40. The first-order valence-electron chi connectivity index (χ1n) is 10.4. The van der Waals surface area contributed by atoms with E-state index in [1.54, 1.807) is 6.92 Å². The number of ether oxygens (including phenoxy) is 2. The van der Waals surface area contributed by atoms with Crippen molar-refractivity contribution >= 4 is 27.5 Å². The summed E-state index contributed by atoms with van der Waals surface area (Å²) in [6.07, 6.45) is 1.20. The van der Waals surface area contributed by atoms with Crippen LogP contribution in [0.4, 0.5) is 5.69 Å². The molecule has 4 nitrogen and oxygen atoms in total. The van der Waals surface area contributed by atoms with Gasteiger partial charge in [-0.1, -0.05) is 58.4 Å². The fourth-order valence-electron chi connectivity index (χ4n) is 3.35. The summed E-state index contributed by atoms with van der Waals surface area (Å²) in [5, 5.41) is 2.94. The van der Waals surface area contributed by atoms with Crippen molar-refractivity contribution in [3.8, 4) is 11.5 Å². The zero-order chi connectivity index (χ0) is 22.2. The molecule has 162 valence electrons. The minimum absolute atomic E-state index is 0.220. The van der Waals surface area contributed by atoms with Gasteiger partial charge in [0, 0.05) is 4.47 Å². The molecule has 1 amide bonds. The molecule has 3 rings (SSSR count). The minimum atomic E-state index is -0.648. The number of aryl methyl sites for hydroxylation is 3. The average Bonchev–Trinajstić information content (AvgIpc) is 2.75. The molecule has 0 bridgehead atoms. The van der Waals surface area contributed by atoms with Gasteiger partial charge in [0.25, 0.3) is 5.91 Å². The molecule has 3 aromatic carbocycles. The molecular formula is C26H28BrNO3. The number of carbonyl (C=O) groups excluding carboxylic acids is 1. The first-order chi connectivity index (χ1) is 14.9. The smallest absolute Gasteiger partial charge is 0.265 e. The molecule has 3 aromatic rings. The maximum Gasteiger partial charge on any atom is 0.265 e. The fraction of sp³-hybridized carbons (Fsp3) is 0.269. The molecule has 0 spiro atoms. The molecule has 0 aromatic heterocycles. The largest absolute Gasteiger partial charge is 0.491 e. The molecule has 0 saturated carbocycles. The topological polar surface area (TPSA) is 47.6 Å². The highest BCUT2D eigenvalue weighted by atomic mass is 79.9. The van der Waals surface area contributed by atoms with Gasteiger partial charge in [-0.25, -0.2) is 0 Å². The SMILES string of the molecule is Cc1cc(Br)cc(C)c1OC(C)C(=O)Nc1ccccc1OCCCc1ccccc1. The Labute approximate surface area is 192 Å². The number of carbonyl (C=O) groups is 1. The van der Waals surface area contributed by atoms with E-state index in [1.165, 1.54) is 5.56 Å². The lowest BCUT2D eigenvalue weighted by Gasteiger charge is -2.19. The van der Waals surface area contributed by atoms with Gasteiger partial charge in [0.15, 0.2) is 6.10 Å². The van der Waals surface area contributed by atoms with Gasteiger partial charge in [0.05, 0.1) is 12.3 Å². The first kappa shape index (κ1) is 22.9. The van der Waals surface area contributed by atoms with Crippen LogP contribution in [-0.2, 0) is 11.2 Å². The Morgan fingerprint density at radius 1 is 1.00 bits per heavy atom. The van der Waals surface area contributed by atoms with Crippen molar-refractivity contribution in [3.05, 3.63) is 87.9 Å². The molecule has 0 aliphatic heterocycles. The number of nitrogens with one attached hydrogen (secondary N) is 1. The molecule has 1 unspecified atom stereocenters. The van der Waals surface area contributed by atoms with Gasteiger partial charge in [-0.2, -0.15) is 0 Å². The molecule has 0 fully saturated rings. The monoisotopic (exact) mass is 481 g/mol. The summed E-state index contributed by atoms with van der Waals surface area (Å²) < 4.78 is 12.9. The van der Waals surface area contributed by atoms with E-state index in [9.17, 15) is 4.79 Å². The number of hydrogen-bond donors (Lipinski definition) is 1. The number of rotatable bonds is 9. The van der Waals surface area contributed by atoms with Crippen LogP contribution in [-0.4, -0.2) is 18.6 Å². The Bertz CT molecular complexity index is 997. The number of para-hydroxylation sites is 2. The quantitative estimate of drug-likeness (QED) is 0.355. The first-order valence-corrected chi connectivity index (χ1v) is 11.2. The summed E-state index contributed by atoms with van der Waals surface area (Å²) in [7, 11) is 0. The standard InChI is InChI=1S/C26H28BrNO3/c1-18-16-22(27)17-19(2)25(18)31-20(3)26(29)28-23-13-7-8-14-24(23)30-15-9-12-21-10-5-4-6-11-21/h4-8,10-11,13-14,16-17,20H,9,12,15H2,1-3H3,(H,28,29). The van der Waals surface area contributed by atoms with Gasteiger partial charge in [-0.15, -0.1) is 0 Å². The van der Waals surface area contributed by atoms with E-state index in [0.29, 0.717) is 18.0 Å². The van der Waals surface area contributed by atoms with E-state index < -0.39 is 6.10 Å². The normalized spacial score (nSPS) is 11.6. The summed E-state index contributed by atoms with van der Waals surface area (Å²) in [5.74, 6) is 1.17. The van der Waals surface area contributed by atoms with Crippen molar-refractivity contribution in [2.45, 2.75) is 39.7 Å². The number of hydrogen-bond acceptors (Lipinski definition) is 3. The van der Waals surface area contributed by atoms with E-state index in [1.807, 2.05) is 68.4 Å². The Morgan fingerprint density at radius 3 is 2.35 bits per heavy atom. The van der Waals surface area contributed by atoms with Gasteiger partial charge < -0.3 is 14.8 Å². The van der Waals surface area contributed by atoms with Crippen molar-refractivity contribution in [1.82, 2.24) is 0 Å². The highest BCUT2D eigenvalue weighted by molar-refractivity contribution is 9.10. The van der Waals surface area contributed by atoms with E-state index in [0.717, 1.165) is 34.2 Å². The van der Waals surface area contributed by atoms with Crippen molar-refractivity contribution < 1.29 is 14.3 Å². The van der Waals surface area contributed by atoms with Gasteiger partial charge in [0.1, 0.15) is 11.5 Å². The molecule has 1 N–H and O–H groups in total. The van der Waals surface area contributed by atoms with Crippen LogP contribution in [0.3, 0.4) is 0 Å². The van der Waals surface area contributed by atoms with Crippen LogP contribution < -0.4 is 14.8 Å². The van der Waals surface area contributed by atoms with Crippen LogP contribution in [0.25, 0.3) is 0 Å². The summed E-state index contributed by atoms with van der Waals surface area (Å²) in [6, 6.07) is 21.8. The second-order valence-electron chi connectivity index (χ2n) is 7.55. The predicted molar refractivity (Wildman–Crippen MR) is 129 cm³/mol. The maximum absolute atomic E-state index is 12.8. The van der Waals surface area contributed by atoms with Crippen molar-refractivity contribution in [1.29, 1.82) is 0 Å². The lowest BCUT2D eigenvalue weighted by molar-refractivity contribution is -0.122. The van der Waals surface area contributed by atoms with Crippen molar-refractivity contribution in [2.24, 2.45) is 0 Å². The van der Waals surface area contributed by atoms with Gasteiger partial charge in [0.2, 0.25) is 0 Å². The molecule has 1 atom stereocenters. The highest BCUT2D eigenvalue weighted by Crippen LogP contribution is 2.29. The molecule has 0 heterocycles. The number of amides is 1. The van der Waals surface area contributed by atoms with E-state index >= 15 is 0 Å². The number of halogens is 1. The van der Waals surface area contributed by atoms with Crippen LogP contribution >= 0.6 is 15.9 Å². The third-order valence-electron chi connectivity index (χ3n) is 4.94. The molecule has 0 aliphatic rings. The van der Waals surface area contributed by atoms with Gasteiger partial charge in [-0.3, -0.25) is 4.79 Å². The van der Waals surface area contributed by atoms with Crippen LogP contribution in [0.1, 0.15) is 30.0 Å². The zero-order valence-corrected chi connectivity index (χ0v) is 19.7. The van der Waals surface area contributed by atoms with Crippen molar-refractivity contribution in [2.75, 3.05) is 11.9 Å².